The van der Waals surface area contributed by atoms with E-state index in [1.807, 2.05) is 37.3 Å². The van der Waals surface area contributed by atoms with Gasteiger partial charge in [0.25, 0.3) is 5.92 Å². The number of likely N-dealkylation sites (tertiary alicyclic amines) is 2. The topological polar surface area (TPSA) is 71.3 Å². The lowest BCUT2D eigenvalue weighted by atomic mass is 9.96. The molecule has 0 unspecified atom stereocenters. The fourth-order valence-corrected chi connectivity index (χ4v) is 4.55. The first kappa shape index (κ1) is 22.5. The molecule has 2 aliphatic rings. The van der Waals surface area contributed by atoms with Gasteiger partial charge in [0.05, 0.1) is 25.6 Å². The highest BCUT2D eigenvalue weighted by Gasteiger charge is 2.40. The predicted molar refractivity (Wildman–Crippen MR) is 115 cm³/mol. The highest BCUT2D eigenvalue weighted by molar-refractivity contribution is 5.90. The minimum Gasteiger partial charge on any atom is -0.332 e. The quantitative estimate of drug-likeness (QED) is 0.656. The summed E-state index contributed by atoms with van der Waals surface area (Å²) in [4.78, 5) is 33.7. The summed E-state index contributed by atoms with van der Waals surface area (Å²) in [5.41, 5.74) is 0.928. The first-order chi connectivity index (χ1) is 15.4. The van der Waals surface area contributed by atoms with Crippen LogP contribution in [0.4, 0.5) is 8.78 Å². The van der Waals surface area contributed by atoms with Crippen molar-refractivity contribution in [2.75, 3.05) is 26.2 Å². The zero-order valence-electron chi connectivity index (χ0n) is 18.3. The van der Waals surface area contributed by atoms with E-state index in [1.165, 1.54) is 4.90 Å². The number of alkyl halides is 2. The van der Waals surface area contributed by atoms with Gasteiger partial charge in [-0.05, 0) is 26.2 Å². The highest BCUT2D eigenvalue weighted by atomic mass is 19.3. The maximum absolute atomic E-state index is 13.5. The second-order valence-corrected chi connectivity index (χ2v) is 8.59. The van der Waals surface area contributed by atoms with Crippen molar-refractivity contribution in [2.24, 2.45) is 0 Å². The van der Waals surface area contributed by atoms with Crippen LogP contribution in [0.1, 0.15) is 38.4 Å². The van der Waals surface area contributed by atoms with Gasteiger partial charge in [-0.3, -0.25) is 14.5 Å². The molecule has 4 rings (SSSR count). The van der Waals surface area contributed by atoms with Gasteiger partial charge in [0.15, 0.2) is 17.4 Å². The van der Waals surface area contributed by atoms with Crippen molar-refractivity contribution in [1.29, 1.82) is 0 Å². The SMILES string of the molecule is CCn1nc(CC(=O)[C@@H]2CCCCN2C(=O)CN2CCC(F)(F)C2)nc1-c1ccccc1. The minimum atomic E-state index is -2.74. The standard InChI is InChI=1S/C23H29F2N5O2/c1-2-30-22(17-8-4-3-5-9-17)26-20(27-30)14-19(31)18-10-6-7-12-29(18)21(32)15-28-13-11-23(24,25)16-28/h3-5,8-9,18H,2,6-7,10-16H2,1H3/t18-/m0/s1. The largest absolute Gasteiger partial charge is 0.332 e. The summed E-state index contributed by atoms with van der Waals surface area (Å²) in [5, 5.41) is 4.50. The second-order valence-electron chi connectivity index (χ2n) is 8.59. The molecular weight excluding hydrogens is 416 g/mol. The number of hydrogen-bond acceptors (Lipinski definition) is 5. The van der Waals surface area contributed by atoms with E-state index in [9.17, 15) is 18.4 Å². The number of halogens is 2. The molecule has 0 radical (unpaired) electrons. The van der Waals surface area contributed by atoms with Crippen LogP contribution in [0.3, 0.4) is 0 Å². The van der Waals surface area contributed by atoms with Crippen LogP contribution < -0.4 is 0 Å². The maximum Gasteiger partial charge on any atom is 0.261 e. The van der Waals surface area contributed by atoms with E-state index in [1.54, 1.807) is 9.58 Å². The summed E-state index contributed by atoms with van der Waals surface area (Å²) in [6.07, 6.45) is 2.07. The maximum atomic E-state index is 13.5. The van der Waals surface area contributed by atoms with E-state index in [2.05, 4.69) is 10.1 Å². The first-order valence-corrected chi connectivity index (χ1v) is 11.3. The van der Waals surface area contributed by atoms with E-state index < -0.39 is 18.5 Å². The van der Waals surface area contributed by atoms with Crippen LogP contribution in [0, 0.1) is 0 Å². The average molecular weight is 446 g/mol. The Morgan fingerprint density at radius 1 is 1.16 bits per heavy atom. The Hall–Kier alpha value is -2.68. The third-order valence-electron chi connectivity index (χ3n) is 6.18. The Labute approximate surface area is 186 Å². The molecule has 0 N–H and O–H groups in total. The molecule has 2 fully saturated rings. The van der Waals surface area contributed by atoms with Crippen LogP contribution in [-0.4, -0.2) is 74.4 Å². The summed E-state index contributed by atoms with van der Waals surface area (Å²) >= 11 is 0. The van der Waals surface area contributed by atoms with E-state index in [0.29, 0.717) is 31.2 Å². The molecule has 9 heteroatoms. The number of benzene rings is 1. The number of aryl methyl sites for hydroxylation is 1. The number of carbonyl (C=O) groups is 2. The molecule has 3 heterocycles. The van der Waals surface area contributed by atoms with Gasteiger partial charge in [0.2, 0.25) is 5.91 Å². The molecule has 1 aromatic carbocycles. The third-order valence-corrected chi connectivity index (χ3v) is 6.18. The summed E-state index contributed by atoms with van der Waals surface area (Å²) in [7, 11) is 0. The predicted octanol–water partition coefficient (Wildman–Crippen LogP) is 2.80. The molecule has 2 aliphatic heterocycles. The fourth-order valence-electron chi connectivity index (χ4n) is 4.55. The number of aromatic nitrogens is 3. The van der Waals surface area contributed by atoms with Crippen LogP contribution in [0.2, 0.25) is 0 Å². The Morgan fingerprint density at radius 3 is 2.62 bits per heavy atom. The molecule has 0 saturated carbocycles. The van der Waals surface area contributed by atoms with Gasteiger partial charge in [-0.25, -0.2) is 18.4 Å². The van der Waals surface area contributed by atoms with Crippen molar-refractivity contribution in [3.8, 4) is 11.4 Å². The molecule has 2 aromatic rings. The third kappa shape index (κ3) is 5.03. The normalized spacial score (nSPS) is 21.1. The van der Waals surface area contributed by atoms with Gasteiger partial charge in [-0.15, -0.1) is 0 Å². The number of carbonyl (C=O) groups excluding carboxylic acids is 2. The molecule has 0 spiro atoms. The van der Waals surface area contributed by atoms with Crippen molar-refractivity contribution in [3.63, 3.8) is 0 Å². The monoisotopic (exact) mass is 445 g/mol. The van der Waals surface area contributed by atoms with Crippen LogP contribution in [-0.2, 0) is 22.6 Å². The lowest BCUT2D eigenvalue weighted by Crippen LogP contribution is -2.51. The lowest BCUT2D eigenvalue weighted by Gasteiger charge is -2.35. The molecule has 1 aromatic heterocycles. The molecule has 0 aliphatic carbocycles. The summed E-state index contributed by atoms with van der Waals surface area (Å²) in [6, 6.07) is 9.13. The Kier molecular flexibility index (Phi) is 6.64. The lowest BCUT2D eigenvalue weighted by molar-refractivity contribution is -0.142. The molecule has 7 nitrogen and oxygen atoms in total. The number of Topliss-reactive ketones (excluding diaryl/α,β-unsaturated/α-hetero) is 1. The molecule has 0 bridgehead atoms. The smallest absolute Gasteiger partial charge is 0.261 e. The van der Waals surface area contributed by atoms with Gasteiger partial charge in [-0.1, -0.05) is 30.3 Å². The number of hydrogen-bond donors (Lipinski definition) is 0. The van der Waals surface area contributed by atoms with E-state index in [0.717, 1.165) is 18.4 Å². The first-order valence-electron chi connectivity index (χ1n) is 11.3. The molecular formula is C23H29F2N5O2. The van der Waals surface area contributed by atoms with Gasteiger partial charge in [0.1, 0.15) is 0 Å². The molecule has 172 valence electrons. The van der Waals surface area contributed by atoms with Gasteiger partial charge >= 0.3 is 0 Å². The van der Waals surface area contributed by atoms with Crippen LogP contribution in [0.15, 0.2) is 30.3 Å². The Bertz CT molecular complexity index is 963. The van der Waals surface area contributed by atoms with E-state index in [-0.39, 0.29) is 37.6 Å². The van der Waals surface area contributed by atoms with Crippen molar-refractivity contribution in [1.82, 2.24) is 24.6 Å². The van der Waals surface area contributed by atoms with E-state index >= 15 is 0 Å². The minimum absolute atomic E-state index is 0.0447. The van der Waals surface area contributed by atoms with Crippen LogP contribution in [0.25, 0.3) is 11.4 Å². The molecule has 1 atom stereocenters. The Balaban J connectivity index is 1.44. The van der Waals surface area contributed by atoms with Gasteiger partial charge in [-0.2, -0.15) is 5.10 Å². The van der Waals surface area contributed by atoms with Gasteiger partial charge < -0.3 is 4.90 Å². The number of rotatable bonds is 7. The number of ketones is 1. The number of amides is 1. The van der Waals surface area contributed by atoms with Crippen LogP contribution >= 0.6 is 0 Å². The Morgan fingerprint density at radius 2 is 1.94 bits per heavy atom. The van der Waals surface area contributed by atoms with Crippen molar-refractivity contribution in [3.05, 3.63) is 36.2 Å². The highest BCUT2D eigenvalue weighted by Crippen LogP contribution is 2.27. The van der Waals surface area contributed by atoms with Gasteiger partial charge in [0, 0.05) is 31.6 Å². The zero-order valence-corrected chi connectivity index (χ0v) is 18.3. The summed E-state index contributed by atoms with van der Waals surface area (Å²) in [5.74, 6) is -1.94. The number of piperidine rings is 1. The average Bonchev–Trinajstić information content (AvgIpc) is 3.36. The van der Waals surface area contributed by atoms with Crippen LogP contribution in [0.5, 0.6) is 0 Å². The molecule has 2 saturated heterocycles. The second kappa shape index (κ2) is 9.44. The zero-order chi connectivity index (χ0) is 22.7. The van der Waals surface area contributed by atoms with Crippen molar-refractivity contribution >= 4 is 11.7 Å². The van der Waals surface area contributed by atoms with Crippen molar-refractivity contribution < 1.29 is 18.4 Å². The molecule has 1 amide bonds. The summed E-state index contributed by atoms with van der Waals surface area (Å²) in [6.45, 7) is 2.81. The number of nitrogens with zero attached hydrogens (tertiary/aromatic N) is 5. The molecule has 32 heavy (non-hydrogen) atoms. The fraction of sp³-hybridized carbons (Fsp3) is 0.565. The summed E-state index contributed by atoms with van der Waals surface area (Å²) < 4.78 is 28.7. The van der Waals surface area contributed by atoms with Crippen molar-refractivity contribution in [2.45, 2.75) is 57.5 Å². The van der Waals surface area contributed by atoms with E-state index in [4.69, 9.17) is 0 Å².